The molecule has 0 saturated heterocycles. The van der Waals surface area contributed by atoms with Crippen molar-refractivity contribution in [3.63, 3.8) is 0 Å². The zero-order chi connectivity index (χ0) is 14.7. The number of benzene rings is 1. The molecule has 1 atom stereocenters. The minimum absolute atomic E-state index is 0.0183. The van der Waals surface area contributed by atoms with E-state index in [2.05, 4.69) is 15.3 Å². The minimum atomic E-state index is -0.0183. The van der Waals surface area contributed by atoms with Crippen LogP contribution in [0, 0.1) is 6.92 Å². The highest BCUT2D eigenvalue weighted by molar-refractivity contribution is 5.45. The Kier molecular flexibility index (Phi) is 4.01. The van der Waals surface area contributed by atoms with Crippen LogP contribution < -0.4 is 14.8 Å². The van der Waals surface area contributed by atoms with Crippen molar-refractivity contribution in [1.82, 2.24) is 15.3 Å². The van der Waals surface area contributed by atoms with Crippen molar-refractivity contribution in [3.8, 4) is 11.5 Å². The molecule has 1 aromatic heterocycles. The Hall–Kier alpha value is -2.14. The molecule has 3 rings (SSSR count). The van der Waals surface area contributed by atoms with Crippen molar-refractivity contribution in [3.05, 3.63) is 47.5 Å². The van der Waals surface area contributed by atoms with Gasteiger partial charge in [0.1, 0.15) is 0 Å². The summed E-state index contributed by atoms with van der Waals surface area (Å²) in [5.74, 6) is 1.60. The van der Waals surface area contributed by atoms with E-state index in [1.54, 1.807) is 12.4 Å². The van der Waals surface area contributed by atoms with Crippen LogP contribution in [0.2, 0.25) is 0 Å². The molecule has 1 aliphatic rings. The summed E-state index contributed by atoms with van der Waals surface area (Å²) in [7, 11) is 1.91. The van der Waals surface area contributed by atoms with Crippen LogP contribution >= 0.6 is 0 Å². The lowest BCUT2D eigenvalue weighted by Gasteiger charge is -2.17. The first kappa shape index (κ1) is 13.8. The van der Waals surface area contributed by atoms with Crippen LogP contribution in [0.5, 0.6) is 11.5 Å². The molecule has 0 aliphatic carbocycles. The molecule has 1 N–H and O–H groups in total. The van der Waals surface area contributed by atoms with Crippen molar-refractivity contribution in [2.75, 3.05) is 20.3 Å². The lowest BCUT2D eigenvalue weighted by atomic mass is 10.0. The van der Waals surface area contributed by atoms with Crippen LogP contribution in [0.1, 0.15) is 29.4 Å². The van der Waals surface area contributed by atoms with E-state index in [1.165, 1.54) is 0 Å². The highest BCUT2D eigenvalue weighted by Crippen LogP contribution is 2.33. The van der Waals surface area contributed by atoms with Gasteiger partial charge in [-0.15, -0.1) is 0 Å². The average molecular weight is 285 g/mol. The Morgan fingerprint density at radius 3 is 2.62 bits per heavy atom. The first-order valence-corrected chi connectivity index (χ1v) is 7.13. The highest BCUT2D eigenvalue weighted by Gasteiger charge is 2.17. The average Bonchev–Trinajstić information content (AvgIpc) is 2.75. The second-order valence-electron chi connectivity index (χ2n) is 5.06. The van der Waals surface area contributed by atoms with Crippen LogP contribution in [-0.2, 0) is 0 Å². The van der Waals surface area contributed by atoms with E-state index in [0.29, 0.717) is 13.2 Å². The van der Waals surface area contributed by atoms with E-state index >= 15 is 0 Å². The Labute approximate surface area is 124 Å². The van der Waals surface area contributed by atoms with Crippen LogP contribution in [0.4, 0.5) is 0 Å². The monoisotopic (exact) mass is 285 g/mol. The molecule has 21 heavy (non-hydrogen) atoms. The highest BCUT2D eigenvalue weighted by atomic mass is 16.5. The number of fused-ring (bicyclic) bond motifs is 1. The summed E-state index contributed by atoms with van der Waals surface area (Å²) in [5.41, 5.74) is 2.88. The summed E-state index contributed by atoms with van der Waals surface area (Å²) in [6.45, 7) is 3.31. The molecule has 1 unspecified atom stereocenters. The summed E-state index contributed by atoms with van der Waals surface area (Å²) in [4.78, 5) is 8.78. The zero-order valence-corrected chi connectivity index (χ0v) is 12.3. The summed E-state index contributed by atoms with van der Waals surface area (Å²) >= 11 is 0. The molecule has 0 radical (unpaired) electrons. The Morgan fingerprint density at radius 2 is 1.90 bits per heavy atom. The van der Waals surface area contributed by atoms with E-state index in [-0.39, 0.29) is 6.04 Å². The lowest BCUT2D eigenvalue weighted by molar-refractivity contribution is 0.297. The standard InChI is InChI=1S/C16H19N3O2/c1-11-9-19-13(10-18-11)16(17-2)12-4-5-14-15(8-12)21-7-3-6-20-14/h4-5,8-10,16-17H,3,6-7H2,1-2H3. The summed E-state index contributed by atoms with van der Waals surface area (Å²) in [6.07, 6.45) is 4.49. The third-order valence-electron chi connectivity index (χ3n) is 3.49. The maximum Gasteiger partial charge on any atom is 0.161 e. The first-order chi connectivity index (χ1) is 10.3. The van der Waals surface area contributed by atoms with Gasteiger partial charge in [0.2, 0.25) is 0 Å². The number of aromatic nitrogens is 2. The van der Waals surface area contributed by atoms with Crippen molar-refractivity contribution in [2.24, 2.45) is 0 Å². The number of aryl methyl sites for hydroxylation is 1. The van der Waals surface area contributed by atoms with E-state index in [0.717, 1.165) is 34.9 Å². The van der Waals surface area contributed by atoms with Crippen LogP contribution in [0.25, 0.3) is 0 Å². The Morgan fingerprint density at radius 1 is 1.10 bits per heavy atom. The van der Waals surface area contributed by atoms with Crippen LogP contribution in [0.3, 0.4) is 0 Å². The number of hydrogen-bond acceptors (Lipinski definition) is 5. The van der Waals surface area contributed by atoms with Crippen molar-refractivity contribution < 1.29 is 9.47 Å². The van der Waals surface area contributed by atoms with Gasteiger partial charge in [-0.1, -0.05) is 6.07 Å². The second-order valence-corrected chi connectivity index (χ2v) is 5.06. The molecule has 0 saturated carbocycles. The van der Waals surface area contributed by atoms with Gasteiger partial charge in [-0.3, -0.25) is 9.97 Å². The molecule has 0 amide bonds. The molecular formula is C16H19N3O2. The van der Waals surface area contributed by atoms with Gasteiger partial charge in [0.25, 0.3) is 0 Å². The molecule has 5 nitrogen and oxygen atoms in total. The van der Waals surface area contributed by atoms with Gasteiger partial charge in [0.15, 0.2) is 11.5 Å². The summed E-state index contributed by atoms with van der Waals surface area (Å²) < 4.78 is 11.4. The number of nitrogens with one attached hydrogen (secondary N) is 1. The molecule has 5 heteroatoms. The molecule has 110 valence electrons. The summed E-state index contributed by atoms with van der Waals surface area (Å²) in [6, 6.07) is 6.00. The van der Waals surface area contributed by atoms with Gasteiger partial charge in [0, 0.05) is 12.6 Å². The molecule has 2 aromatic rings. The Balaban J connectivity index is 1.93. The number of ether oxygens (including phenoxy) is 2. The smallest absolute Gasteiger partial charge is 0.161 e. The van der Waals surface area contributed by atoms with E-state index in [4.69, 9.17) is 9.47 Å². The minimum Gasteiger partial charge on any atom is -0.490 e. The van der Waals surface area contributed by atoms with Crippen LogP contribution in [0.15, 0.2) is 30.6 Å². The molecule has 0 fully saturated rings. The van der Waals surface area contributed by atoms with Gasteiger partial charge >= 0.3 is 0 Å². The van der Waals surface area contributed by atoms with Crippen molar-refractivity contribution >= 4 is 0 Å². The largest absolute Gasteiger partial charge is 0.490 e. The molecule has 0 spiro atoms. The van der Waals surface area contributed by atoms with Gasteiger partial charge in [-0.2, -0.15) is 0 Å². The number of nitrogens with zero attached hydrogens (tertiary/aromatic N) is 2. The lowest BCUT2D eigenvalue weighted by Crippen LogP contribution is -2.19. The third-order valence-corrected chi connectivity index (χ3v) is 3.49. The van der Waals surface area contributed by atoms with Gasteiger partial charge < -0.3 is 14.8 Å². The van der Waals surface area contributed by atoms with Crippen molar-refractivity contribution in [1.29, 1.82) is 0 Å². The molecule has 0 bridgehead atoms. The van der Waals surface area contributed by atoms with Gasteiger partial charge in [-0.25, -0.2) is 0 Å². The predicted molar refractivity (Wildman–Crippen MR) is 79.7 cm³/mol. The van der Waals surface area contributed by atoms with Gasteiger partial charge in [0.05, 0.1) is 36.8 Å². The quantitative estimate of drug-likeness (QED) is 0.937. The first-order valence-electron chi connectivity index (χ1n) is 7.13. The fourth-order valence-electron chi connectivity index (χ4n) is 2.40. The fraction of sp³-hybridized carbons (Fsp3) is 0.375. The Bertz CT molecular complexity index is 613. The number of hydrogen-bond donors (Lipinski definition) is 1. The zero-order valence-electron chi connectivity index (χ0n) is 12.3. The van der Waals surface area contributed by atoms with Gasteiger partial charge in [-0.05, 0) is 31.7 Å². The normalized spacial score (nSPS) is 15.3. The molecular weight excluding hydrogens is 266 g/mol. The fourth-order valence-corrected chi connectivity index (χ4v) is 2.40. The van der Waals surface area contributed by atoms with E-state index in [9.17, 15) is 0 Å². The molecule has 1 aromatic carbocycles. The maximum absolute atomic E-state index is 5.75. The topological polar surface area (TPSA) is 56.3 Å². The maximum atomic E-state index is 5.75. The summed E-state index contributed by atoms with van der Waals surface area (Å²) in [5, 5.41) is 3.28. The van der Waals surface area contributed by atoms with E-state index in [1.807, 2.05) is 32.2 Å². The SMILES string of the molecule is CNC(c1ccc2c(c1)OCCCO2)c1cnc(C)cn1. The van der Waals surface area contributed by atoms with Crippen LogP contribution in [-0.4, -0.2) is 30.2 Å². The second kappa shape index (κ2) is 6.10. The molecule has 1 aliphatic heterocycles. The molecule has 2 heterocycles. The predicted octanol–water partition coefficient (Wildman–Crippen LogP) is 2.26. The number of rotatable bonds is 3. The van der Waals surface area contributed by atoms with E-state index < -0.39 is 0 Å². The van der Waals surface area contributed by atoms with Crippen molar-refractivity contribution in [2.45, 2.75) is 19.4 Å². The third kappa shape index (κ3) is 2.97.